The molecule has 2 aromatic heterocycles. The van der Waals surface area contributed by atoms with E-state index in [1.165, 1.54) is 44.9 Å². The molecule has 136 valence electrons. The summed E-state index contributed by atoms with van der Waals surface area (Å²) >= 11 is 0. The molecule has 0 aliphatic heterocycles. The summed E-state index contributed by atoms with van der Waals surface area (Å²) in [6, 6.07) is 6.14. The summed E-state index contributed by atoms with van der Waals surface area (Å²) in [6.07, 6.45) is 8.91. The molecule has 0 radical (unpaired) electrons. The van der Waals surface area contributed by atoms with Crippen molar-refractivity contribution in [3.8, 4) is 5.75 Å². The van der Waals surface area contributed by atoms with Gasteiger partial charge in [0.2, 0.25) is 0 Å². The second-order valence-corrected chi connectivity index (χ2v) is 7.98. The highest BCUT2D eigenvalue weighted by atomic mass is 16.5. The molecule has 2 fully saturated rings. The van der Waals surface area contributed by atoms with Crippen molar-refractivity contribution in [3.63, 3.8) is 0 Å². The van der Waals surface area contributed by atoms with Crippen LogP contribution in [0.5, 0.6) is 5.75 Å². The van der Waals surface area contributed by atoms with Crippen LogP contribution in [0.2, 0.25) is 0 Å². The van der Waals surface area contributed by atoms with E-state index >= 15 is 0 Å². The van der Waals surface area contributed by atoms with E-state index in [4.69, 9.17) is 15.5 Å². The fraction of sp³-hybridized carbons (Fsp3) is 0.524. The summed E-state index contributed by atoms with van der Waals surface area (Å²) in [4.78, 5) is 9.57. The Hall–Kier alpha value is -2.30. The van der Waals surface area contributed by atoms with Crippen LogP contribution in [0.1, 0.15) is 62.4 Å². The molecule has 3 aromatic rings. The second-order valence-electron chi connectivity index (χ2n) is 7.98. The standard InChI is InChI=1S/C21H26N4O/c1-13-19-20(22)24-17-10-9-16(26-12-14-7-8-14)11-18(17)25(19)21(23-13)15-5-3-2-4-6-15/h9-11,14-15H,2-8,12H2,1H3,(H2,22,24). The number of imidazole rings is 1. The molecule has 0 bridgehead atoms. The molecule has 2 saturated carbocycles. The fourth-order valence-electron chi connectivity index (χ4n) is 4.28. The van der Waals surface area contributed by atoms with Gasteiger partial charge in [-0.3, -0.25) is 4.40 Å². The molecule has 2 N–H and O–H groups in total. The van der Waals surface area contributed by atoms with Crippen LogP contribution >= 0.6 is 0 Å². The number of nitrogens with two attached hydrogens (primary N) is 1. The van der Waals surface area contributed by atoms with Crippen molar-refractivity contribution in [1.82, 2.24) is 14.4 Å². The van der Waals surface area contributed by atoms with E-state index in [2.05, 4.69) is 15.5 Å². The number of fused-ring (bicyclic) bond motifs is 3. The van der Waals surface area contributed by atoms with Crippen molar-refractivity contribution < 1.29 is 4.74 Å². The van der Waals surface area contributed by atoms with Gasteiger partial charge in [-0.25, -0.2) is 9.97 Å². The van der Waals surface area contributed by atoms with E-state index in [0.29, 0.717) is 11.7 Å². The summed E-state index contributed by atoms with van der Waals surface area (Å²) in [7, 11) is 0. The van der Waals surface area contributed by atoms with E-state index in [0.717, 1.165) is 46.3 Å². The van der Waals surface area contributed by atoms with Crippen molar-refractivity contribution in [2.45, 2.75) is 57.8 Å². The second kappa shape index (κ2) is 6.15. The Morgan fingerprint density at radius 1 is 1.12 bits per heavy atom. The molecule has 5 rings (SSSR count). The number of anilines is 1. The number of aryl methyl sites for hydroxylation is 1. The van der Waals surface area contributed by atoms with Gasteiger partial charge in [-0.2, -0.15) is 0 Å². The highest BCUT2D eigenvalue weighted by molar-refractivity contribution is 5.86. The summed E-state index contributed by atoms with van der Waals surface area (Å²) in [5, 5.41) is 0. The van der Waals surface area contributed by atoms with Gasteiger partial charge in [0.25, 0.3) is 0 Å². The number of nitrogen functional groups attached to an aromatic ring is 1. The first kappa shape index (κ1) is 15.9. The Bertz CT molecular complexity index is 967. The molecule has 0 amide bonds. The summed E-state index contributed by atoms with van der Waals surface area (Å²) in [5.74, 6) is 3.87. The lowest BCUT2D eigenvalue weighted by Crippen LogP contribution is -2.10. The molecule has 26 heavy (non-hydrogen) atoms. The maximum Gasteiger partial charge on any atom is 0.150 e. The zero-order chi connectivity index (χ0) is 17.7. The Morgan fingerprint density at radius 3 is 2.69 bits per heavy atom. The normalized spacial score (nSPS) is 18.7. The lowest BCUT2D eigenvalue weighted by atomic mass is 9.88. The number of hydrogen-bond donors (Lipinski definition) is 1. The van der Waals surface area contributed by atoms with Crippen LogP contribution in [0.4, 0.5) is 5.82 Å². The zero-order valence-electron chi connectivity index (χ0n) is 15.4. The quantitative estimate of drug-likeness (QED) is 0.746. The smallest absolute Gasteiger partial charge is 0.150 e. The van der Waals surface area contributed by atoms with Gasteiger partial charge in [-0.15, -0.1) is 0 Å². The number of hydrogen-bond acceptors (Lipinski definition) is 4. The number of aromatic nitrogens is 3. The van der Waals surface area contributed by atoms with E-state index in [9.17, 15) is 0 Å². The molecule has 2 heterocycles. The minimum absolute atomic E-state index is 0.506. The molecule has 1 aromatic carbocycles. The zero-order valence-corrected chi connectivity index (χ0v) is 15.4. The molecular weight excluding hydrogens is 324 g/mol. The average Bonchev–Trinajstić information content (AvgIpc) is 3.42. The number of ether oxygens (including phenoxy) is 1. The van der Waals surface area contributed by atoms with Crippen molar-refractivity contribution in [2.24, 2.45) is 5.92 Å². The lowest BCUT2D eigenvalue weighted by molar-refractivity contribution is 0.300. The van der Waals surface area contributed by atoms with Crippen LogP contribution < -0.4 is 10.5 Å². The number of benzene rings is 1. The van der Waals surface area contributed by atoms with Crippen LogP contribution in [-0.2, 0) is 0 Å². The third-order valence-corrected chi connectivity index (χ3v) is 5.90. The lowest BCUT2D eigenvalue weighted by Gasteiger charge is -2.21. The van der Waals surface area contributed by atoms with E-state index in [1.807, 2.05) is 19.1 Å². The van der Waals surface area contributed by atoms with Crippen LogP contribution in [-0.4, -0.2) is 21.0 Å². The average molecular weight is 350 g/mol. The first-order chi connectivity index (χ1) is 12.7. The summed E-state index contributed by atoms with van der Waals surface area (Å²) < 4.78 is 8.27. The van der Waals surface area contributed by atoms with Gasteiger partial charge in [0.15, 0.2) is 0 Å². The van der Waals surface area contributed by atoms with Crippen molar-refractivity contribution >= 4 is 22.4 Å². The summed E-state index contributed by atoms with van der Waals surface area (Å²) in [5.41, 5.74) is 10.2. The van der Waals surface area contributed by atoms with Crippen LogP contribution in [0, 0.1) is 12.8 Å². The first-order valence-corrected chi connectivity index (χ1v) is 9.91. The number of rotatable bonds is 4. The van der Waals surface area contributed by atoms with E-state index in [-0.39, 0.29) is 0 Å². The van der Waals surface area contributed by atoms with Crippen molar-refractivity contribution in [1.29, 1.82) is 0 Å². The van der Waals surface area contributed by atoms with E-state index < -0.39 is 0 Å². The minimum Gasteiger partial charge on any atom is -0.493 e. The Kier molecular flexibility index (Phi) is 3.76. The van der Waals surface area contributed by atoms with E-state index in [1.54, 1.807) is 0 Å². The molecule has 0 saturated heterocycles. The molecule has 0 unspecified atom stereocenters. The van der Waals surface area contributed by atoms with Gasteiger partial charge in [0.1, 0.15) is 22.9 Å². The predicted octanol–water partition coefficient (Wildman–Crippen LogP) is 4.61. The maximum atomic E-state index is 6.31. The molecule has 2 aliphatic rings. The highest BCUT2D eigenvalue weighted by Crippen LogP contribution is 2.36. The van der Waals surface area contributed by atoms with Crippen molar-refractivity contribution in [3.05, 3.63) is 29.7 Å². The monoisotopic (exact) mass is 350 g/mol. The Balaban J connectivity index is 1.68. The van der Waals surface area contributed by atoms with Crippen LogP contribution in [0.3, 0.4) is 0 Å². The van der Waals surface area contributed by atoms with Gasteiger partial charge in [0, 0.05) is 12.0 Å². The predicted molar refractivity (Wildman–Crippen MR) is 104 cm³/mol. The highest BCUT2D eigenvalue weighted by Gasteiger charge is 2.25. The van der Waals surface area contributed by atoms with Crippen LogP contribution in [0.15, 0.2) is 18.2 Å². The van der Waals surface area contributed by atoms with Gasteiger partial charge < -0.3 is 10.5 Å². The molecule has 2 aliphatic carbocycles. The molecule has 5 nitrogen and oxygen atoms in total. The molecular formula is C21H26N4O. The van der Waals surface area contributed by atoms with Crippen molar-refractivity contribution in [2.75, 3.05) is 12.3 Å². The Morgan fingerprint density at radius 2 is 1.92 bits per heavy atom. The fourth-order valence-corrected chi connectivity index (χ4v) is 4.28. The third kappa shape index (κ3) is 2.70. The first-order valence-electron chi connectivity index (χ1n) is 9.91. The van der Waals surface area contributed by atoms with Gasteiger partial charge >= 0.3 is 0 Å². The molecule has 5 heteroatoms. The third-order valence-electron chi connectivity index (χ3n) is 5.90. The number of nitrogens with zero attached hydrogens (tertiary/aromatic N) is 3. The Labute approximate surface area is 153 Å². The largest absolute Gasteiger partial charge is 0.493 e. The van der Waals surface area contributed by atoms with Gasteiger partial charge in [-0.05, 0) is 50.7 Å². The van der Waals surface area contributed by atoms with Gasteiger partial charge in [-0.1, -0.05) is 19.3 Å². The van der Waals surface area contributed by atoms with Gasteiger partial charge in [0.05, 0.1) is 23.3 Å². The van der Waals surface area contributed by atoms with Crippen LogP contribution in [0.25, 0.3) is 16.6 Å². The molecule has 0 spiro atoms. The maximum absolute atomic E-state index is 6.31. The minimum atomic E-state index is 0.506. The SMILES string of the molecule is Cc1nc(C2CCCCC2)n2c1c(N)nc1ccc(OCC3CC3)cc12. The molecule has 0 atom stereocenters. The summed E-state index contributed by atoms with van der Waals surface area (Å²) in [6.45, 7) is 2.86. The topological polar surface area (TPSA) is 65.4 Å².